The van der Waals surface area contributed by atoms with Gasteiger partial charge in [0.25, 0.3) is 0 Å². The molecule has 0 spiro atoms. The molecule has 4 heteroatoms. The van der Waals surface area contributed by atoms with E-state index in [1.807, 2.05) is 30.9 Å². The fourth-order valence-electron chi connectivity index (χ4n) is 1.99. The molecule has 1 aliphatic heterocycles. The first-order valence-electron chi connectivity index (χ1n) is 4.98. The fraction of sp³-hybridized carbons (Fsp3) is 0.700. The second-order valence-electron chi connectivity index (χ2n) is 4.40. The highest BCUT2D eigenvalue weighted by Gasteiger charge is 2.35. The molecule has 4 nitrogen and oxygen atoms in total. The van der Waals surface area contributed by atoms with Crippen LogP contribution >= 0.6 is 0 Å². The van der Waals surface area contributed by atoms with Crippen LogP contribution < -0.4 is 0 Å². The Kier molecular flexibility index (Phi) is 2.33. The van der Waals surface area contributed by atoms with Gasteiger partial charge in [-0.05, 0) is 13.0 Å². The van der Waals surface area contributed by atoms with Gasteiger partial charge in [-0.2, -0.15) is 5.10 Å². The summed E-state index contributed by atoms with van der Waals surface area (Å²) < 4.78 is 1.90. The number of aromatic nitrogens is 2. The molecule has 0 bridgehead atoms. The van der Waals surface area contributed by atoms with E-state index in [0.717, 1.165) is 26.1 Å². The molecular formula is C10H17N3O. The van der Waals surface area contributed by atoms with Gasteiger partial charge in [0.2, 0.25) is 0 Å². The predicted molar refractivity (Wildman–Crippen MR) is 54.0 cm³/mol. The molecule has 78 valence electrons. The number of aliphatic hydroxyl groups is 1. The van der Waals surface area contributed by atoms with Gasteiger partial charge < -0.3 is 5.11 Å². The zero-order valence-electron chi connectivity index (χ0n) is 8.77. The van der Waals surface area contributed by atoms with E-state index in [4.69, 9.17) is 0 Å². The summed E-state index contributed by atoms with van der Waals surface area (Å²) in [5.74, 6) is 0. The average Bonchev–Trinajstić information content (AvgIpc) is 2.44. The number of β-amino-alcohol motifs (C(OH)–C–C–N with tert-alkyl or cyclic N) is 1. The van der Waals surface area contributed by atoms with E-state index in [0.29, 0.717) is 0 Å². The van der Waals surface area contributed by atoms with Crippen molar-refractivity contribution in [1.29, 1.82) is 0 Å². The summed E-state index contributed by atoms with van der Waals surface area (Å²) in [6.07, 6.45) is 2.83. The van der Waals surface area contributed by atoms with E-state index >= 15 is 0 Å². The largest absolute Gasteiger partial charge is 0.388 e. The van der Waals surface area contributed by atoms with Crippen LogP contribution in [-0.2, 0) is 13.5 Å². The number of hydrogen-bond acceptors (Lipinski definition) is 3. The lowest BCUT2D eigenvalue weighted by Crippen LogP contribution is -2.60. The first kappa shape index (κ1) is 9.68. The molecule has 1 saturated heterocycles. The van der Waals surface area contributed by atoms with Crippen molar-refractivity contribution in [1.82, 2.24) is 14.7 Å². The molecular weight excluding hydrogens is 178 g/mol. The van der Waals surface area contributed by atoms with Crippen molar-refractivity contribution < 1.29 is 5.11 Å². The van der Waals surface area contributed by atoms with Crippen LogP contribution in [0.3, 0.4) is 0 Å². The molecule has 14 heavy (non-hydrogen) atoms. The van der Waals surface area contributed by atoms with Crippen molar-refractivity contribution in [2.24, 2.45) is 7.05 Å². The Morgan fingerprint density at radius 2 is 2.29 bits per heavy atom. The third-order valence-corrected chi connectivity index (χ3v) is 2.74. The molecule has 2 heterocycles. The average molecular weight is 195 g/mol. The molecule has 1 aromatic rings. The van der Waals surface area contributed by atoms with E-state index in [2.05, 4.69) is 10.00 Å². The van der Waals surface area contributed by atoms with E-state index in [1.54, 1.807) is 0 Å². The molecule has 1 aromatic heterocycles. The molecule has 0 amide bonds. The highest BCUT2D eigenvalue weighted by molar-refractivity contribution is 5.01. The monoisotopic (exact) mass is 195 g/mol. The summed E-state index contributed by atoms with van der Waals surface area (Å²) in [4.78, 5) is 2.26. The Balaban J connectivity index is 1.77. The highest BCUT2D eigenvalue weighted by Crippen LogP contribution is 2.19. The van der Waals surface area contributed by atoms with Crippen LogP contribution in [0, 0.1) is 0 Å². The molecule has 1 N–H and O–H groups in total. The molecule has 2 rings (SSSR count). The van der Waals surface area contributed by atoms with Crippen LogP contribution in [0.2, 0.25) is 0 Å². The van der Waals surface area contributed by atoms with Gasteiger partial charge in [0.15, 0.2) is 0 Å². The topological polar surface area (TPSA) is 41.3 Å². The van der Waals surface area contributed by atoms with Crippen molar-refractivity contribution in [2.45, 2.75) is 18.9 Å². The summed E-state index contributed by atoms with van der Waals surface area (Å²) in [6, 6.07) is 2.04. The van der Waals surface area contributed by atoms with Gasteiger partial charge in [-0.3, -0.25) is 9.58 Å². The lowest BCUT2D eigenvalue weighted by molar-refractivity contribution is -0.0825. The SMILES string of the molecule is Cn1nccc1CCN1CC(C)(O)C1. The summed E-state index contributed by atoms with van der Waals surface area (Å²) >= 11 is 0. The molecule has 0 aliphatic carbocycles. The predicted octanol–water partition coefficient (Wildman–Crippen LogP) is 0.0292. The van der Waals surface area contributed by atoms with Gasteiger partial charge in [-0.15, -0.1) is 0 Å². The van der Waals surface area contributed by atoms with Crippen LogP contribution in [0.15, 0.2) is 12.3 Å². The number of likely N-dealkylation sites (tertiary alicyclic amines) is 1. The molecule has 1 fully saturated rings. The first-order valence-corrected chi connectivity index (χ1v) is 4.98. The molecule has 1 aliphatic rings. The van der Waals surface area contributed by atoms with Crippen molar-refractivity contribution in [3.8, 4) is 0 Å². The van der Waals surface area contributed by atoms with Gasteiger partial charge in [0, 0.05) is 45.0 Å². The minimum Gasteiger partial charge on any atom is -0.388 e. The van der Waals surface area contributed by atoms with Gasteiger partial charge in [0.1, 0.15) is 0 Å². The maximum absolute atomic E-state index is 9.54. The number of hydrogen-bond donors (Lipinski definition) is 1. The van der Waals surface area contributed by atoms with Crippen molar-refractivity contribution >= 4 is 0 Å². The van der Waals surface area contributed by atoms with Crippen molar-refractivity contribution in [3.63, 3.8) is 0 Å². The molecule has 0 radical (unpaired) electrons. The van der Waals surface area contributed by atoms with Crippen LogP contribution in [0.4, 0.5) is 0 Å². The first-order chi connectivity index (χ1) is 6.57. The maximum Gasteiger partial charge on any atom is 0.0872 e. The molecule has 0 unspecified atom stereocenters. The van der Waals surface area contributed by atoms with Gasteiger partial charge in [-0.1, -0.05) is 0 Å². The minimum absolute atomic E-state index is 0.452. The summed E-state index contributed by atoms with van der Waals surface area (Å²) in [5.41, 5.74) is 0.795. The quantitative estimate of drug-likeness (QED) is 0.740. The second kappa shape index (κ2) is 3.37. The third-order valence-electron chi connectivity index (χ3n) is 2.74. The fourth-order valence-corrected chi connectivity index (χ4v) is 1.99. The minimum atomic E-state index is -0.452. The lowest BCUT2D eigenvalue weighted by atomic mass is 9.97. The highest BCUT2D eigenvalue weighted by atomic mass is 16.3. The van der Waals surface area contributed by atoms with E-state index in [9.17, 15) is 5.11 Å². The second-order valence-corrected chi connectivity index (χ2v) is 4.40. The standard InChI is InChI=1S/C10H17N3O/c1-10(14)7-13(8-10)6-4-9-3-5-11-12(9)2/h3,5,14H,4,6-8H2,1-2H3. The van der Waals surface area contributed by atoms with Gasteiger partial charge in [0.05, 0.1) is 5.60 Å². The van der Waals surface area contributed by atoms with Crippen molar-refractivity contribution in [3.05, 3.63) is 18.0 Å². The molecule has 0 atom stereocenters. The summed E-state index contributed by atoms with van der Waals surface area (Å²) in [5, 5.41) is 13.7. The Morgan fingerprint density at radius 1 is 1.57 bits per heavy atom. The Labute approximate surface area is 84.1 Å². The Hall–Kier alpha value is -0.870. The lowest BCUT2D eigenvalue weighted by Gasteiger charge is -2.44. The van der Waals surface area contributed by atoms with E-state index in [-0.39, 0.29) is 0 Å². The molecule has 0 saturated carbocycles. The van der Waals surface area contributed by atoms with E-state index in [1.165, 1.54) is 5.69 Å². The summed E-state index contributed by atoms with van der Waals surface area (Å²) in [7, 11) is 1.96. The number of aryl methyl sites for hydroxylation is 1. The summed E-state index contributed by atoms with van der Waals surface area (Å²) in [6.45, 7) is 4.49. The molecule has 0 aromatic carbocycles. The van der Waals surface area contributed by atoms with Crippen molar-refractivity contribution in [2.75, 3.05) is 19.6 Å². The normalized spacial score (nSPS) is 20.8. The Bertz CT molecular complexity index is 311. The maximum atomic E-state index is 9.54. The van der Waals surface area contributed by atoms with Gasteiger partial charge >= 0.3 is 0 Å². The zero-order valence-corrected chi connectivity index (χ0v) is 8.77. The number of nitrogens with zero attached hydrogens (tertiary/aromatic N) is 3. The van der Waals surface area contributed by atoms with Gasteiger partial charge in [-0.25, -0.2) is 0 Å². The Morgan fingerprint density at radius 3 is 2.79 bits per heavy atom. The number of rotatable bonds is 3. The zero-order chi connectivity index (χ0) is 10.2. The van der Waals surface area contributed by atoms with Crippen LogP contribution in [-0.4, -0.2) is 45.0 Å². The van der Waals surface area contributed by atoms with Crippen LogP contribution in [0.25, 0.3) is 0 Å². The smallest absolute Gasteiger partial charge is 0.0872 e. The van der Waals surface area contributed by atoms with E-state index < -0.39 is 5.60 Å². The van der Waals surface area contributed by atoms with Crippen LogP contribution in [0.5, 0.6) is 0 Å². The van der Waals surface area contributed by atoms with Crippen LogP contribution in [0.1, 0.15) is 12.6 Å². The third kappa shape index (κ3) is 1.96.